The van der Waals surface area contributed by atoms with Crippen LogP contribution in [-0.4, -0.2) is 24.9 Å². The summed E-state index contributed by atoms with van der Waals surface area (Å²) in [5.74, 6) is 0.305. The number of aromatic hydroxyl groups is 1. The number of benzene rings is 2. The fourth-order valence-electron chi connectivity index (χ4n) is 2.55. The molecule has 2 aromatic rings. The van der Waals surface area contributed by atoms with Crippen molar-refractivity contribution in [1.82, 2.24) is 0 Å². The molecule has 4 nitrogen and oxygen atoms in total. The molecule has 0 amide bonds. The summed E-state index contributed by atoms with van der Waals surface area (Å²) in [5.41, 5.74) is 5.06. The smallest absolute Gasteiger partial charge is 0.158 e. The van der Waals surface area contributed by atoms with Crippen molar-refractivity contribution in [2.45, 2.75) is 19.4 Å². The SMILES string of the molecule is Cc1cc(C2=NOC(c3ccc(N(C)C)cc3)C2)ccc1O. The maximum absolute atomic E-state index is 9.61. The number of anilines is 1. The fraction of sp³-hybridized carbons (Fsp3) is 0.278. The maximum Gasteiger partial charge on any atom is 0.158 e. The van der Waals surface area contributed by atoms with Crippen molar-refractivity contribution >= 4 is 11.4 Å². The van der Waals surface area contributed by atoms with Gasteiger partial charge in [0.1, 0.15) is 5.75 Å². The van der Waals surface area contributed by atoms with Crippen molar-refractivity contribution in [3.05, 3.63) is 59.2 Å². The first-order chi connectivity index (χ1) is 10.5. The summed E-state index contributed by atoms with van der Waals surface area (Å²) in [6.45, 7) is 1.88. The molecule has 0 saturated carbocycles. The van der Waals surface area contributed by atoms with E-state index in [4.69, 9.17) is 4.84 Å². The average Bonchev–Trinajstić information content (AvgIpc) is 3.00. The van der Waals surface area contributed by atoms with Gasteiger partial charge >= 0.3 is 0 Å². The number of phenols is 1. The molecule has 0 radical (unpaired) electrons. The molecule has 0 aliphatic carbocycles. The minimum atomic E-state index is -0.0414. The Bertz CT molecular complexity index is 706. The Morgan fingerprint density at radius 1 is 1.14 bits per heavy atom. The molecule has 1 N–H and O–H groups in total. The first-order valence-corrected chi connectivity index (χ1v) is 7.34. The fourth-order valence-corrected chi connectivity index (χ4v) is 2.55. The molecule has 1 aliphatic heterocycles. The number of phenolic OH excluding ortho intramolecular Hbond substituents is 1. The lowest BCUT2D eigenvalue weighted by Gasteiger charge is -2.14. The number of hydrogen-bond acceptors (Lipinski definition) is 4. The Hall–Kier alpha value is -2.49. The molecule has 1 atom stereocenters. The van der Waals surface area contributed by atoms with Crippen LogP contribution in [-0.2, 0) is 4.84 Å². The molecule has 1 aliphatic rings. The van der Waals surface area contributed by atoms with E-state index in [1.165, 1.54) is 0 Å². The van der Waals surface area contributed by atoms with Gasteiger partial charge in [0.05, 0.1) is 5.71 Å². The van der Waals surface area contributed by atoms with Gasteiger partial charge in [0.2, 0.25) is 0 Å². The monoisotopic (exact) mass is 296 g/mol. The van der Waals surface area contributed by atoms with Crippen molar-refractivity contribution < 1.29 is 9.94 Å². The molecule has 22 heavy (non-hydrogen) atoms. The lowest BCUT2D eigenvalue weighted by molar-refractivity contribution is 0.0857. The van der Waals surface area contributed by atoms with E-state index < -0.39 is 0 Å². The molecule has 114 valence electrons. The Kier molecular flexibility index (Phi) is 3.75. The van der Waals surface area contributed by atoms with Crippen LogP contribution in [0, 0.1) is 6.92 Å². The zero-order chi connectivity index (χ0) is 15.7. The van der Waals surface area contributed by atoms with E-state index in [-0.39, 0.29) is 6.10 Å². The Morgan fingerprint density at radius 3 is 2.50 bits per heavy atom. The quantitative estimate of drug-likeness (QED) is 0.940. The van der Waals surface area contributed by atoms with Crippen LogP contribution in [0.5, 0.6) is 5.75 Å². The molecule has 1 heterocycles. The number of aryl methyl sites for hydroxylation is 1. The summed E-state index contributed by atoms with van der Waals surface area (Å²) < 4.78 is 0. The third-order valence-electron chi connectivity index (χ3n) is 3.98. The molecule has 3 rings (SSSR count). The molecular formula is C18H20N2O2. The minimum absolute atomic E-state index is 0.0414. The van der Waals surface area contributed by atoms with Crippen LogP contribution in [0.25, 0.3) is 0 Å². The van der Waals surface area contributed by atoms with E-state index in [1.807, 2.05) is 33.2 Å². The third kappa shape index (κ3) is 2.77. The first kappa shape index (κ1) is 14.4. The van der Waals surface area contributed by atoms with Gasteiger partial charge in [-0.1, -0.05) is 17.3 Å². The number of hydrogen-bond donors (Lipinski definition) is 1. The second-order valence-corrected chi connectivity index (χ2v) is 5.82. The van der Waals surface area contributed by atoms with E-state index in [1.54, 1.807) is 6.07 Å². The molecule has 0 aromatic heterocycles. The summed E-state index contributed by atoms with van der Waals surface area (Å²) in [6, 6.07) is 13.9. The highest BCUT2D eigenvalue weighted by Crippen LogP contribution is 2.31. The zero-order valence-electron chi connectivity index (χ0n) is 13.1. The standard InChI is InChI=1S/C18H20N2O2/c1-12-10-14(6-9-17(12)21)16-11-18(22-19-16)13-4-7-15(8-5-13)20(2)3/h4-10,18,21H,11H2,1-3H3. The third-order valence-corrected chi connectivity index (χ3v) is 3.98. The van der Waals surface area contributed by atoms with Crippen LogP contribution >= 0.6 is 0 Å². The number of rotatable bonds is 3. The van der Waals surface area contributed by atoms with Gasteiger partial charge < -0.3 is 14.8 Å². The molecule has 0 saturated heterocycles. The number of nitrogens with zero attached hydrogens (tertiary/aromatic N) is 2. The molecule has 0 fully saturated rings. The highest BCUT2D eigenvalue weighted by atomic mass is 16.6. The van der Waals surface area contributed by atoms with Crippen LogP contribution in [0.15, 0.2) is 47.6 Å². The summed E-state index contributed by atoms with van der Waals surface area (Å²) in [6.07, 6.45) is 0.700. The first-order valence-electron chi connectivity index (χ1n) is 7.34. The molecule has 0 bridgehead atoms. The van der Waals surface area contributed by atoms with Crippen molar-refractivity contribution in [3.8, 4) is 5.75 Å². The van der Waals surface area contributed by atoms with Crippen LogP contribution in [0.4, 0.5) is 5.69 Å². The van der Waals surface area contributed by atoms with E-state index in [2.05, 4.69) is 34.3 Å². The van der Waals surface area contributed by atoms with Gasteiger partial charge in [0.25, 0.3) is 0 Å². The second kappa shape index (κ2) is 5.72. The van der Waals surface area contributed by atoms with E-state index in [0.29, 0.717) is 5.75 Å². The van der Waals surface area contributed by atoms with Gasteiger partial charge in [-0.15, -0.1) is 0 Å². The maximum atomic E-state index is 9.61. The Morgan fingerprint density at radius 2 is 1.86 bits per heavy atom. The summed E-state index contributed by atoms with van der Waals surface area (Å²) in [7, 11) is 4.05. The minimum Gasteiger partial charge on any atom is -0.508 e. The lowest BCUT2D eigenvalue weighted by atomic mass is 9.99. The molecule has 2 aromatic carbocycles. The van der Waals surface area contributed by atoms with E-state index in [0.717, 1.165) is 34.5 Å². The topological polar surface area (TPSA) is 45.1 Å². The highest BCUT2D eigenvalue weighted by molar-refractivity contribution is 6.01. The van der Waals surface area contributed by atoms with Gasteiger partial charge in [-0.25, -0.2) is 0 Å². The molecular weight excluding hydrogens is 276 g/mol. The van der Waals surface area contributed by atoms with E-state index in [9.17, 15) is 5.11 Å². The zero-order valence-corrected chi connectivity index (χ0v) is 13.1. The predicted molar refractivity (Wildman–Crippen MR) is 88.6 cm³/mol. The summed E-state index contributed by atoms with van der Waals surface area (Å²) in [5, 5.41) is 13.8. The number of oxime groups is 1. The second-order valence-electron chi connectivity index (χ2n) is 5.82. The van der Waals surface area contributed by atoms with Gasteiger partial charge in [-0.3, -0.25) is 0 Å². The van der Waals surface area contributed by atoms with Gasteiger partial charge in [0.15, 0.2) is 6.10 Å². The largest absolute Gasteiger partial charge is 0.508 e. The van der Waals surface area contributed by atoms with Crippen LogP contribution in [0.1, 0.15) is 29.2 Å². The normalized spacial score (nSPS) is 17.0. The Labute approximate surface area is 130 Å². The lowest BCUT2D eigenvalue weighted by Crippen LogP contribution is -2.08. The highest BCUT2D eigenvalue weighted by Gasteiger charge is 2.24. The Balaban J connectivity index is 1.74. The molecule has 1 unspecified atom stereocenters. The van der Waals surface area contributed by atoms with Crippen LogP contribution in [0.2, 0.25) is 0 Å². The van der Waals surface area contributed by atoms with Gasteiger partial charge in [-0.2, -0.15) is 0 Å². The van der Waals surface area contributed by atoms with Crippen LogP contribution in [0.3, 0.4) is 0 Å². The van der Waals surface area contributed by atoms with E-state index >= 15 is 0 Å². The summed E-state index contributed by atoms with van der Waals surface area (Å²) >= 11 is 0. The average molecular weight is 296 g/mol. The van der Waals surface area contributed by atoms with Gasteiger partial charge in [0, 0.05) is 26.2 Å². The molecule has 0 spiro atoms. The van der Waals surface area contributed by atoms with Crippen molar-refractivity contribution in [2.75, 3.05) is 19.0 Å². The van der Waals surface area contributed by atoms with Crippen molar-refractivity contribution in [1.29, 1.82) is 0 Å². The summed E-state index contributed by atoms with van der Waals surface area (Å²) in [4.78, 5) is 7.66. The predicted octanol–water partition coefficient (Wildman–Crippen LogP) is 3.63. The van der Waals surface area contributed by atoms with Crippen LogP contribution < -0.4 is 4.90 Å². The van der Waals surface area contributed by atoms with Crippen molar-refractivity contribution in [2.24, 2.45) is 5.16 Å². The van der Waals surface area contributed by atoms with Gasteiger partial charge in [-0.05, 0) is 53.9 Å². The van der Waals surface area contributed by atoms with Crippen molar-refractivity contribution in [3.63, 3.8) is 0 Å². The molecule has 4 heteroatoms.